The lowest BCUT2D eigenvalue weighted by molar-refractivity contribution is 0.482. The van der Waals surface area contributed by atoms with Crippen LogP contribution in [0, 0.1) is 6.07 Å². The van der Waals surface area contributed by atoms with Gasteiger partial charge in [-0.05, 0) is 23.6 Å². The second-order valence-corrected chi connectivity index (χ2v) is 6.29. The molecule has 0 atom stereocenters. The van der Waals surface area contributed by atoms with Crippen molar-refractivity contribution in [3.63, 3.8) is 0 Å². The van der Waals surface area contributed by atoms with E-state index in [-0.39, 0.29) is 15.7 Å². The molecule has 2 N–H and O–H groups in total. The third kappa shape index (κ3) is 2.36. The zero-order valence-electron chi connectivity index (χ0n) is 8.73. The van der Waals surface area contributed by atoms with Crippen molar-refractivity contribution in [2.75, 3.05) is 0 Å². The van der Waals surface area contributed by atoms with Crippen molar-refractivity contribution in [2.24, 2.45) is 0 Å². The van der Waals surface area contributed by atoms with E-state index in [1.54, 1.807) is 0 Å². The molecular weight excluding hydrogens is 280 g/mol. The molecule has 0 amide bonds. The molecule has 0 saturated carbocycles. The van der Waals surface area contributed by atoms with Gasteiger partial charge in [0.1, 0.15) is 9.79 Å². The summed E-state index contributed by atoms with van der Waals surface area (Å²) in [5, 5.41) is 0.365. The molecule has 0 fully saturated rings. The normalized spacial score (nSPS) is 12.8. The monoisotopic (exact) mass is 287 g/mol. The maximum Gasteiger partial charge on any atom is 0.295 e. The van der Waals surface area contributed by atoms with Crippen LogP contribution in [-0.2, 0) is 20.2 Å². The molecule has 0 unspecified atom stereocenters. The average molecular weight is 287 g/mol. The Hall–Kier alpha value is -1.48. The zero-order valence-corrected chi connectivity index (χ0v) is 10.4. The summed E-state index contributed by atoms with van der Waals surface area (Å²) in [7, 11) is -8.82. The summed E-state index contributed by atoms with van der Waals surface area (Å²) in [5.41, 5.74) is 0. The van der Waals surface area contributed by atoms with Crippen LogP contribution in [0.5, 0.6) is 0 Å². The molecule has 0 aliphatic carbocycles. The summed E-state index contributed by atoms with van der Waals surface area (Å²) in [4.78, 5) is -0.819. The van der Waals surface area contributed by atoms with Crippen molar-refractivity contribution in [2.45, 2.75) is 9.79 Å². The highest BCUT2D eigenvalue weighted by Crippen LogP contribution is 2.24. The molecule has 0 bridgehead atoms. The largest absolute Gasteiger partial charge is 0.295 e. The Bertz CT molecular complexity index is 821. The van der Waals surface area contributed by atoms with E-state index in [2.05, 4.69) is 6.07 Å². The highest BCUT2D eigenvalue weighted by atomic mass is 32.2. The maximum absolute atomic E-state index is 11.1. The zero-order chi connectivity index (χ0) is 13.6. The van der Waals surface area contributed by atoms with Gasteiger partial charge in [-0.25, -0.2) is 0 Å². The molecule has 1 radical (unpaired) electrons. The first-order valence-corrected chi connectivity index (χ1v) is 7.47. The minimum Gasteiger partial charge on any atom is -0.282 e. The summed E-state index contributed by atoms with van der Waals surface area (Å²) in [6.45, 7) is 0. The molecule has 0 spiro atoms. The minimum absolute atomic E-state index is 0.118. The van der Waals surface area contributed by atoms with Gasteiger partial charge in [-0.15, -0.1) is 0 Å². The molecule has 0 aliphatic heterocycles. The lowest BCUT2D eigenvalue weighted by Gasteiger charge is -2.04. The Labute approximate surface area is 103 Å². The quantitative estimate of drug-likeness (QED) is 0.801. The van der Waals surface area contributed by atoms with Crippen LogP contribution in [-0.4, -0.2) is 25.9 Å². The average Bonchev–Trinajstić information content (AvgIpc) is 2.25. The van der Waals surface area contributed by atoms with E-state index in [9.17, 15) is 16.8 Å². The Balaban J connectivity index is 2.85. The minimum atomic E-state index is -4.41. The Morgan fingerprint density at radius 3 is 2.22 bits per heavy atom. The van der Waals surface area contributed by atoms with Crippen molar-refractivity contribution >= 4 is 31.0 Å². The highest BCUT2D eigenvalue weighted by molar-refractivity contribution is 7.86. The van der Waals surface area contributed by atoms with Gasteiger partial charge in [0, 0.05) is 11.5 Å². The predicted octanol–water partition coefficient (Wildman–Crippen LogP) is 1.13. The van der Waals surface area contributed by atoms with Crippen LogP contribution in [0.3, 0.4) is 0 Å². The van der Waals surface area contributed by atoms with Crippen LogP contribution in [0.25, 0.3) is 10.8 Å². The summed E-state index contributed by atoms with van der Waals surface area (Å²) >= 11 is 0. The van der Waals surface area contributed by atoms with Gasteiger partial charge in [0.2, 0.25) is 0 Å². The van der Waals surface area contributed by atoms with Crippen LogP contribution >= 0.6 is 0 Å². The fourth-order valence-electron chi connectivity index (χ4n) is 1.54. The second kappa shape index (κ2) is 4.02. The molecule has 0 heterocycles. The second-order valence-electron chi connectivity index (χ2n) is 3.51. The smallest absolute Gasteiger partial charge is 0.282 e. The summed E-state index contributed by atoms with van der Waals surface area (Å²) in [6, 6.07) is 8.38. The fraction of sp³-hybridized carbons (Fsp3) is 0. The third-order valence-corrected chi connectivity index (χ3v) is 4.00. The summed E-state index contributed by atoms with van der Waals surface area (Å²) in [5.74, 6) is 0. The van der Waals surface area contributed by atoms with Crippen molar-refractivity contribution < 1.29 is 25.9 Å². The van der Waals surface area contributed by atoms with Gasteiger partial charge in [-0.1, -0.05) is 12.1 Å². The van der Waals surface area contributed by atoms with Crippen LogP contribution in [0.4, 0.5) is 0 Å². The molecule has 8 heteroatoms. The first-order valence-electron chi connectivity index (χ1n) is 4.59. The van der Waals surface area contributed by atoms with Gasteiger partial charge in [0.05, 0.1) is 0 Å². The van der Waals surface area contributed by atoms with E-state index >= 15 is 0 Å². The summed E-state index contributed by atoms with van der Waals surface area (Å²) < 4.78 is 61.9. The van der Waals surface area contributed by atoms with Crippen LogP contribution in [0.2, 0.25) is 0 Å². The number of fused-ring (bicyclic) bond motifs is 1. The molecule has 6 nitrogen and oxygen atoms in total. The number of hydrogen-bond donors (Lipinski definition) is 2. The molecule has 95 valence electrons. The van der Waals surface area contributed by atoms with E-state index in [0.717, 1.165) is 12.1 Å². The van der Waals surface area contributed by atoms with Crippen LogP contribution < -0.4 is 0 Å². The van der Waals surface area contributed by atoms with Crippen molar-refractivity contribution in [1.29, 1.82) is 0 Å². The predicted molar refractivity (Wildman–Crippen MR) is 62.4 cm³/mol. The van der Waals surface area contributed by atoms with Gasteiger partial charge in [-0.2, -0.15) is 16.8 Å². The van der Waals surface area contributed by atoms with Gasteiger partial charge in [0.15, 0.2) is 0 Å². The van der Waals surface area contributed by atoms with Crippen molar-refractivity contribution in [1.82, 2.24) is 0 Å². The third-order valence-electron chi connectivity index (χ3n) is 2.30. The lowest BCUT2D eigenvalue weighted by atomic mass is 10.1. The maximum atomic E-state index is 11.1. The Morgan fingerprint density at radius 1 is 1.00 bits per heavy atom. The molecular formula is C10H7O6S2. The number of benzene rings is 2. The molecule has 2 aromatic rings. The van der Waals surface area contributed by atoms with E-state index < -0.39 is 25.1 Å². The van der Waals surface area contributed by atoms with Crippen LogP contribution in [0.15, 0.2) is 40.1 Å². The van der Waals surface area contributed by atoms with Gasteiger partial charge < -0.3 is 0 Å². The van der Waals surface area contributed by atoms with E-state index in [1.165, 1.54) is 18.2 Å². The first kappa shape index (κ1) is 13.0. The van der Waals surface area contributed by atoms with E-state index in [0.29, 0.717) is 0 Å². The lowest BCUT2D eigenvalue weighted by Crippen LogP contribution is -2.01. The molecule has 0 aromatic heterocycles. The van der Waals surface area contributed by atoms with Crippen molar-refractivity contribution in [3.8, 4) is 0 Å². The summed E-state index contributed by atoms with van der Waals surface area (Å²) in [6.07, 6.45) is 0. The molecule has 0 saturated heterocycles. The topological polar surface area (TPSA) is 109 Å². The Kier molecular flexibility index (Phi) is 2.90. The fourth-order valence-corrected chi connectivity index (χ4v) is 2.73. The van der Waals surface area contributed by atoms with E-state index in [4.69, 9.17) is 9.11 Å². The van der Waals surface area contributed by atoms with Gasteiger partial charge in [-0.3, -0.25) is 9.11 Å². The SMILES string of the molecule is O=S(=O)(O)c1[c]cc2c(S(=O)(=O)O)cccc2c1. The molecule has 18 heavy (non-hydrogen) atoms. The van der Waals surface area contributed by atoms with Crippen LogP contribution in [0.1, 0.15) is 0 Å². The standard InChI is InChI=1S/C10H7O6S2/c11-17(12,13)8-4-5-9-7(6-8)2-1-3-10(9)18(14,15)16/h1-3,5-6H,(H,11,12,13)(H,14,15,16). The van der Waals surface area contributed by atoms with E-state index in [1.807, 2.05) is 0 Å². The number of hydrogen-bond acceptors (Lipinski definition) is 4. The Morgan fingerprint density at radius 2 is 1.67 bits per heavy atom. The molecule has 2 aromatic carbocycles. The highest BCUT2D eigenvalue weighted by Gasteiger charge is 2.16. The van der Waals surface area contributed by atoms with Gasteiger partial charge in [0.25, 0.3) is 20.2 Å². The van der Waals surface area contributed by atoms with Gasteiger partial charge >= 0.3 is 0 Å². The molecule has 0 aliphatic rings. The van der Waals surface area contributed by atoms with Crippen molar-refractivity contribution in [3.05, 3.63) is 36.4 Å². The number of rotatable bonds is 2. The molecule has 2 rings (SSSR count). The first-order chi connectivity index (χ1) is 8.19.